The van der Waals surface area contributed by atoms with E-state index in [0.717, 1.165) is 12.8 Å². The van der Waals surface area contributed by atoms with Gasteiger partial charge in [-0.1, -0.05) is 12.1 Å². The second-order valence-electron chi connectivity index (χ2n) is 3.95. The van der Waals surface area contributed by atoms with Crippen molar-refractivity contribution in [1.29, 1.82) is 0 Å². The first-order valence-corrected chi connectivity index (χ1v) is 5.37. The van der Waals surface area contributed by atoms with Crippen molar-refractivity contribution in [2.75, 3.05) is 6.54 Å². The van der Waals surface area contributed by atoms with E-state index in [1.54, 1.807) is 12.1 Å². The monoisotopic (exact) mass is 223 g/mol. The van der Waals surface area contributed by atoms with Gasteiger partial charge in [-0.05, 0) is 30.5 Å². The number of carbonyl (C=O) groups excluding carboxylic acids is 1. The van der Waals surface area contributed by atoms with Gasteiger partial charge in [-0.2, -0.15) is 0 Å². The zero-order valence-electron chi connectivity index (χ0n) is 8.91. The maximum Gasteiger partial charge on any atom is 0.320 e. The molecule has 1 aromatic rings. The summed E-state index contributed by atoms with van der Waals surface area (Å²) in [7, 11) is 0. The Bertz CT molecular complexity index is 377. The van der Waals surface area contributed by atoms with Gasteiger partial charge in [0.2, 0.25) is 0 Å². The van der Waals surface area contributed by atoms with E-state index in [1.165, 1.54) is 12.1 Å². The second-order valence-corrected chi connectivity index (χ2v) is 3.95. The summed E-state index contributed by atoms with van der Waals surface area (Å²) in [5.41, 5.74) is 0.666. The zero-order chi connectivity index (χ0) is 11.4. The Morgan fingerprint density at radius 2 is 2.31 bits per heavy atom. The van der Waals surface area contributed by atoms with Gasteiger partial charge in [0.15, 0.2) is 0 Å². The van der Waals surface area contributed by atoms with Crippen LogP contribution in [0.4, 0.5) is 4.39 Å². The first-order chi connectivity index (χ1) is 7.74. The molecule has 2 rings (SSSR count). The van der Waals surface area contributed by atoms with Crippen LogP contribution in [0.5, 0.6) is 0 Å². The molecule has 0 heterocycles. The van der Waals surface area contributed by atoms with E-state index in [1.807, 2.05) is 0 Å². The molecule has 0 unspecified atom stereocenters. The summed E-state index contributed by atoms with van der Waals surface area (Å²) in [6.07, 6.45) is 2.27. The van der Waals surface area contributed by atoms with Crippen LogP contribution in [-0.4, -0.2) is 18.6 Å². The fourth-order valence-corrected chi connectivity index (χ4v) is 1.36. The molecule has 4 heteroatoms. The number of nitrogens with one attached hydrogen (secondary N) is 1. The third kappa shape index (κ3) is 3.62. The molecule has 0 aromatic heterocycles. The summed E-state index contributed by atoms with van der Waals surface area (Å²) in [5.74, 6) is -0.610. The second kappa shape index (κ2) is 5.07. The Morgan fingerprint density at radius 3 is 3.00 bits per heavy atom. The molecule has 0 atom stereocenters. The van der Waals surface area contributed by atoms with Crippen molar-refractivity contribution in [2.45, 2.75) is 25.5 Å². The number of halogens is 1. The molecule has 16 heavy (non-hydrogen) atoms. The number of hydrogen-bond acceptors (Lipinski definition) is 3. The van der Waals surface area contributed by atoms with E-state index in [0.29, 0.717) is 11.6 Å². The fourth-order valence-electron chi connectivity index (χ4n) is 1.36. The lowest BCUT2D eigenvalue weighted by Gasteiger charge is -2.05. The lowest BCUT2D eigenvalue weighted by atomic mass is 10.2. The van der Waals surface area contributed by atoms with E-state index in [9.17, 15) is 9.18 Å². The van der Waals surface area contributed by atoms with Crippen LogP contribution in [0.2, 0.25) is 0 Å². The van der Waals surface area contributed by atoms with Crippen LogP contribution in [0.15, 0.2) is 24.3 Å². The number of hydrogen-bond donors (Lipinski definition) is 1. The smallest absolute Gasteiger partial charge is 0.320 e. The van der Waals surface area contributed by atoms with Crippen LogP contribution in [0, 0.1) is 5.82 Å². The van der Waals surface area contributed by atoms with Gasteiger partial charge in [0.05, 0.1) is 6.54 Å². The molecular formula is C12H14FNO2. The molecule has 1 aromatic carbocycles. The lowest BCUT2D eigenvalue weighted by molar-refractivity contribution is -0.143. The largest absolute Gasteiger partial charge is 0.460 e. The van der Waals surface area contributed by atoms with Crippen LogP contribution in [0.3, 0.4) is 0 Å². The average molecular weight is 223 g/mol. The molecule has 0 amide bonds. The minimum absolute atomic E-state index is 0.128. The first-order valence-electron chi connectivity index (χ1n) is 5.37. The number of benzene rings is 1. The lowest BCUT2D eigenvalue weighted by Crippen LogP contribution is -2.26. The van der Waals surface area contributed by atoms with Crippen molar-refractivity contribution in [1.82, 2.24) is 5.32 Å². The van der Waals surface area contributed by atoms with Gasteiger partial charge in [0.25, 0.3) is 0 Å². The highest BCUT2D eigenvalue weighted by Crippen LogP contribution is 2.18. The van der Waals surface area contributed by atoms with Gasteiger partial charge in [-0.15, -0.1) is 0 Å². The SMILES string of the molecule is O=C(CNC1CC1)OCc1cccc(F)c1. The van der Waals surface area contributed by atoms with E-state index in [2.05, 4.69) is 5.32 Å². The summed E-state index contributed by atoms with van der Waals surface area (Å²) in [6, 6.07) is 6.54. The maximum absolute atomic E-state index is 12.8. The summed E-state index contributed by atoms with van der Waals surface area (Å²) >= 11 is 0. The number of ether oxygens (including phenoxy) is 1. The van der Waals surface area contributed by atoms with Gasteiger partial charge in [0, 0.05) is 6.04 Å². The molecule has 0 radical (unpaired) electrons. The number of rotatable bonds is 5. The summed E-state index contributed by atoms with van der Waals surface area (Å²) < 4.78 is 17.8. The molecule has 1 aliphatic rings. The van der Waals surface area contributed by atoms with Gasteiger partial charge >= 0.3 is 5.97 Å². The Morgan fingerprint density at radius 1 is 1.50 bits per heavy atom. The highest BCUT2D eigenvalue weighted by molar-refractivity contribution is 5.71. The standard InChI is InChI=1S/C12H14FNO2/c13-10-3-1-2-9(6-10)8-16-12(15)7-14-11-4-5-11/h1-3,6,11,14H,4-5,7-8H2. The molecule has 1 aliphatic carbocycles. The van der Waals surface area contributed by atoms with Crippen LogP contribution in [0.1, 0.15) is 18.4 Å². The highest BCUT2D eigenvalue weighted by Gasteiger charge is 2.21. The van der Waals surface area contributed by atoms with Crippen LogP contribution >= 0.6 is 0 Å². The highest BCUT2D eigenvalue weighted by atomic mass is 19.1. The Balaban J connectivity index is 1.71. The Labute approximate surface area is 93.6 Å². The van der Waals surface area contributed by atoms with Crippen molar-refractivity contribution in [3.63, 3.8) is 0 Å². The molecule has 0 spiro atoms. The van der Waals surface area contributed by atoms with E-state index >= 15 is 0 Å². The van der Waals surface area contributed by atoms with Crippen LogP contribution in [-0.2, 0) is 16.1 Å². The molecule has 0 saturated heterocycles. The van der Waals surface area contributed by atoms with Crippen molar-refractivity contribution in [3.05, 3.63) is 35.6 Å². The molecule has 86 valence electrons. The van der Waals surface area contributed by atoms with Gasteiger partial charge in [-0.25, -0.2) is 4.39 Å². The van der Waals surface area contributed by atoms with E-state index in [4.69, 9.17) is 4.74 Å². The van der Waals surface area contributed by atoms with Crippen molar-refractivity contribution in [2.24, 2.45) is 0 Å². The third-order valence-corrected chi connectivity index (χ3v) is 2.40. The maximum atomic E-state index is 12.8. The number of esters is 1. The van der Waals surface area contributed by atoms with E-state index < -0.39 is 0 Å². The Hall–Kier alpha value is -1.42. The topological polar surface area (TPSA) is 38.3 Å². The zero-order valence-corrected chi connectivity index (χ0v) is 8.91. The third-order valence-electron chi connectivity index (χ3n) is 2.40. The summed E-state index contributed by atoms with van der Waals surface area (Å²) in [5, 5.41) is 3.06. The molecule has 0 aliphatic heterocycles. The quantitative estimate of drug-likeness (QED) is 0.771. The predicted octanol–water partition coefficient (Wildman–Crippen LogP) is 1.62. The van der Waals surface area contributed by atoms with Crippen molar-refractivity contribution >= 4 is 5.97 Å². The molecule has 1 saturated carbocycles. The molecule has 0 bridgehead atoms. The summed E-state index contributed by atoms with van der Waals surface area (Å²) in [4.78, 5) is 11.3. The van der Waals surface area contributed by atoms with Crippen molar-refractivity contribution < 1.29 is 13.9 Å². The minimum atomic E-state index is -0.315. The minimum Gasteiger partial charge on any atom is -0.460 e. The van der Waals surface area contributed by atoms with Crippen molar-refractivity contribution in [3.8, 4) is 0 Å². The predicted molar refractivity (Wildman–Crippen MR) is 57.2 cm³/mol. The Kier molecular flexibility index (Phi) is 3.51. The fraction of sp³-hybridized carbons (Fsp3) is 0.417. The molecular weight excluding hydrogens is 209 g/mol. The van der Waals surface area contributed by atoms with Crippen LogP contribution in [0.25, 0.3) is 0 Å². The average Bonchev–Trinajstić information content (AvgIpc) is 3.07. The van der Waals surface area contributed by atoms with Gasteiger partial charge in [-0.3, -0.25) is 4.79 Å². The summed E-state index contributed by atoms with van der Waals surface area (Å²) in [6.45, 7) is 0.364. The van der Waals surface area contributed by atoms with Gasteiger partial charge < -0.3 is 10.1 Å². The van der Waals surface area contributed by atoms with E-state index in [-0.39, 0.29) is 24.9 Å². The molecule has 3 nitrogen and oxygen atoms in total. The normalized spacial score (nSPS) is 14.8. The van der Waals surface area contributed by atoms with Crippen LogP contribution < -0.4 is 5.32 Å². The van der Waals surface area contributed by atoms with Gasteiger partial charge in [0.1, 0.15) is 12.4 Å². The molecule has 1 fully saturated rings. The first kappa shape index (κ1) is 11.1. The number of carbonyl (C=O) groups is 1. The molecule has 1 N–H and O–H groups in total.